The maximum atomic E-state index is 13.2. The Morgan fingerprint density at radius 3 is 2.35 bits per heavy atom. The van der Waals surface area contributed by atoms with Crippen molar-refractivity contribution < 1.29 is 18.3 Å². The summed E-state index contributed by atoms with van der Waals surface area (Å²) < 4.78 is 39.4. The molecule has 0 saturated carbocycles. The number of phenolic OH excluding ortho intramolecular Hbond substituents is 1. The van der Waals surface area contributed by atoms with Gasteiger partial charge >= 0.3 is 0 Å². The van der Waals surface area contributed by atoms with Crippen molar-refractivity contribution in [3.8, 4) is 5.75 Å². The second kappa shape index (κ2) is 5.96. The molecule has 1 atom stereocenters. The van der Waals surface area contributed by atoms with Crippen LogP contribution in [-0.4, -0.2) is 5.11 Å². The highest BCUT2D eigenvalue weighted by atomic mass is 19.1. The van der Waals surface area contributed by atoms with Crippen LogP contribution >= 0.6 is 0 Å². The van der Waals surface area contributed by atoms with Gasteiger partial charge in [0.2, 0.25) is 0 Å². The van der Waals surface area contributed by atoms with Gasteiger partial charge in [-0.1, -0.05) is 12.1 Å². The third kappa shape index (κ3) is 3.30. The van der Waals surface area contributed by atoms with Crippen molar-refractivity contribution >= 4 is 0 Å². The van der Waals surface area contributed by atoms with Crippen molar-refractivity contribution in [3.63, 3.8) is 0 Å². The highest BCUT2D eigenvalue weighted by Gasteiger charge is 2.11. The van der Waals surface area contributed by atoms with E-state index in [1.807, 2.05) is 6.92 Å². The summed E-state index contributed by atoms with van der Waals surface area (Å²) in [6.07, 6.45) is 0. The van der Waals surface area contributed by atoms with Gasteiger partial charge < -0.3 is 10.4 Å². The first kappa shape index (κ1) is 14.4. The van der Waals surface area contributed by atoms with Crippen molar-refractivity contribution in [2.75, 3.05) is 0 Å². The molecule has 2 N–H and O–H groups in total. The van der Waals surface area contributed by atoms with Gasteiger partial charge in [-0.2, -0.15) is 0 Å². The number of benzene rings is 2. The van der Waals surface area contributed by atoms with Crippen molar-refractivity contribution in [2.45, 2.75) is 19.5 Å². The minimum atomic E-state index is -1.000. The second-order valence-corrected chi connectivity index (χ2v) is 4.57. The van der Waals surface area contributed by atoms with E-state index in [1.165, 1.54) is 12.1 Å². The van der Waals surface area contributed by atoms with E-state index < -0.39 is 17.4 Å². The molecule has 5 heteroatoms. The van der Waals surface area contributed by atoms with E-state index >= 15 is 0 Å². The molecule has 0 fully saturated rings. The lowest BCUT2D eigenvalue weighted by Crippen LogP contribution is -2.18. The molecule has 0 unspecified atom stereocenters. The van der Waals surface area contributed by atoms with E-state index in [2.05, 4.69) is 5.32 Å². The predicted molar refractivity (Wildman–Crippen MR) is 69.7 cm³/mol. The van der Waals surface area contributed by atoms with Gasteiger partial charge in [-0.3, -0.25) is 0 Å². The van der Waals surface area contributed by atoms with E-state index in [1.54, 1.807) is 12.1 Å². The molecule has 0 amide bonds. The molecule has 2 rings (SSSR count). The first-order chi connectivity index (χ1) is 9.47. The van der Waals surface area contributed by atoms with Crippen LogP contribution < -0.4 is 5.32 Å². The van der Waals surface area contributed by atoms with Gasteiger partial charge in [0.15, 0.2) is 17.4 Å². The molecule has 0 bridgehead atoms. The maximum absolute atomic E-state index is 13.2. The molecular formula is C15H14F3NO. The number of phenols is 1. The van der Waals surface area contributed by atoms with Gasteiger partial charge in [0.05, 0.1) is 0 Å². The number of aromatic hydroxyl groups is 1. The van der Waals surface area contributed by atoms with Crippen LogP contribution in [0.4, 0.5) is 13.2 Å². The molecule has 0 heterocycles. The lowest BCUT2D eigenvalue weighted by Gasteiger charge is -2.14. The Morgan fingerprint density at radius 1 is 1.10 bits per heavy atom. The van der Waals surface area contributed by atoms with Crippen LogP contribution in [0.25, 0.3) is 0 Å². The fraction of sp³-hybridized carbons (Fsp3) is 0.200. The smallest absolute Gasteiger partial charge is 0.187 e. The molecule has 0 spiro atoms. The fourth-order valence-electron chi connectivity index (χ4n) is 1.88. The van der Waals surface area contributed by atoms with Crippen LogP contribution in [0.3, 0.4) is 0 Å². The van der Waals surface area contributed by atoms with E-state index in [-0.39, 0.29) is 18.4 Å². The molecule has 0 radical (unpaired) electrons. The molecule has 0 saturated heterocycles. The minimum absolute atomic E-state index is 0.175. The molecule has 0 aliphatic rings. The molecule has 2 aromatic carbocycles. The van der Waals surface area contributed by atoms with Crippen molar-refractivity contribution in [1.82, 2.24) is 5.32 Å². The Balaban J connectivity index is 2.05. The lowest BCUT2D eigenvalue weighted by atomic mass is 10.1. The topological polar surface area (TPSA) is 32.3 Å². The van der Waals surface area contributed by atoms with Crippen LogP contribution in [0.1, 0.15) is 24.1 Å². The quantitative estimate of drug-likeness (QED) is 0.896. The van der Waals surface area contributed by atoms with Crippen LogP contribution in [0.15, 0.2) is 36.4 Å². The largest absolute Gasteiger partial charge is 0.503 e. The fourth-order valence-corrected chi connectivity index (χ4v) is 1.88. The molecule has 0 aliphatic heterocycles. The Labute approximate surface area is 114 Å². The molecule has 20 heavy (non-hydrogen) atoms. The van der Waals surface area contributed by atoms with Crippen molar-refractivity contribution in [3.05, 3.63) is 65.0 Å². The van der Waals surface area contributed by atoms with E-state index in [0.29, 0.717) is 5.56 Å². The van der Waals surface area contributed by atoms with Crippen molar-refractivity contribution in [1.29, 1.82) is 0 Å². The van der Waals surface area contributed by atoms with Gasteiger partial charge in [-0.05, 0) is 42.3 Å². The van der Waals surface area contributed by atoms with Gasteiger partial charge in [-0.15, -0.1) is 0 Å². The van der Waals surface area contributed by atoms with Crippen LogP contribution in [0, 0.1) is 17.5 Å². The first-order valence-electron chi connectivity index (χ1n) is 6.13. The summed E-state index contributed by atoms with van der Waals surface area (Å²) in [5, 5.41) is 12.0. The summed E-state index contributed by atoms with van der Waals surface area (Å²) in [4.78, 5) is 0. The van der Waals surface area contributed by atoms with Gasteiger partial charge in [0.1, 0.15) is 5.82 Å². The zero-order valence-corrected chi connectivity index (χ0v) is 10.8. The summed E-state index contributed by atoms with van der Waals surface area (Å²) >= 11 is 0. The van der Waals surface area contributed by atoms with Crippen molar-refractivity contribution in [2.24, 2.45) is 0 Å². The SMILES string of the molecule is C[C@@H](NCc1cc(F)c(O)c(F)c1)c1cccc(F)c1. The molecule has 106 valence electrons. The summed E-state index contributed by atoms with van der Waals surface area (Å²) in [6.45, 7) is 2.02. The standard InChI is InChI=1S/C15H14F3NO/c1-9(11-3-2-4-12(16)7-11)19-8-10-5-13(17)15(20)14(18)6-10/h2-7,9,19-20H,8H2,1H3/t9-/m1/s1. The third-order valence-electron chi connectivity index (χ3n) is 3.04. The Hall–Kier alpha value is -2.01. The first-order valence-corrected chi connectivity index (χ1v) is 6.13. The highest BCUT2D eigenvalue weighted by Crippen LogP contribution is 2.22. The monoisotopic (exact) mass is 281 g/mol. The number of halogens is 3. The molecule has 2 aromatic rings. The second-order valence-electron chi connectivity index (χ2n) is 4.57. The average Bonchev–Trinajstić information content (AvgIpc) is 2.42. The van der Waals surface area contributed by atoms with Crippen LogP contribution in [0.5, 0.6) is 5.75 Å². The van der Waals surface area contributed by atoms with Crippen LogP contribution in [0.2, 0.25) is 0 Å². The van der Waals surface area contributed by atoms with Gasteiger partial charge in [0.25, 0.3) is 0 Å². The van der Waals surface area contributed by atoms with Crippen LogP contribution in [-0.2, 0) is 6.54 Å². The molecular weight excluding hydrogens is 267 g/mol. The molecule has 0 aromatic heterocycles. The van der Waals surface area contributed by atoms with Gasteiger partial charge in [0, 0.05) is 12.6 Å². The zero-order valence-electron chi connectivity index (χ0n) is 10.8. The summed E-state index contributed by atoms with van der Waals surface area (Å²) in [5.41, 5.74) is 1.10. The molecule has 2 nitrogen and oxygen atoms in total. The summed E-state index contributed by atoms with van der Waals surface area (Å²) in [6, 6.07) is 8.05. The third-order valence-corrected chi connectivity index (χ3v) is 3.04. The number of rotatable bonds is 4. The highest BCUT2D eigenvalue weighted by molar-refractivity contribution is 5.30. The maximum Gasteiger partial charge on any atom is 0.187 e. The lowest BCUT2D eigenvalue weighted by molar-refractivity contribution is 0.394. The van der Waals surface area contributed by atoms with E-state index in [4.69, 9.17) is 5.11 Å². The van der Waals surface area contributed by atoms with Gasteiger partial charge in [-0.25, -0.2) is 13.2 Å². The Kier molecular flexibility index (Phi) is 4.29. The molecule has 0 aliphatic carbocycles. The Morgan fingerprint density at radius 2 is 1.75 bits per heavy atom. The summed E-state index contributed by atoms with van der Waals surface area (Å²) in [5.74, 6) is -3.31. The number of nitrogens with one attached hydrogen (secondary N) is 1. The summed E-state index contributed by atoms with van der Waals surface area (Å²) in [7, 11) is 0. The Bertz CT molecular complexity index is 593. The average molecular weight is 281 g/mol. The van der Waals surface area contributed by atoms with E-state index in [0.717, 1.165) is 17.7 Å². The normalized spacial score (nSPS) is 12.4. The zero-order chi connectivity index (χ0) is 14.7. The minimum Gasteiger partial charge on any atom is -0.503 e. The number of hydrogen-bond acceptors (Lipinski definition) is 2. The van der Waals surface area contributed by atoms with E-state index in [9.17, 15) is 13.2 Å². The predicted octanol–water partition coefficient (Wildman–Crippen LogP) is 3.66. The number of hydrogen-bond donors (Lipinski definition) is 2.